The molecular formula is C11H22N2O3. The summed E-state index contributed by atoms with van der Waals surface area (Å²) in [7, 11) is 0. The van der Waals surface area contributed by atoms with Crippen molar-refractivity contribution in [2.75, 3.05) is 32.9 Å². The molecule has 0 saturated carbocycles. The van der Waals surface area contributed by atoms with Gasteiger partial charge in [-0.1, -0.05) is 0 Å². The number of carbonyl (C=O) groups is 1. The summed E-state index contributed by atoms with van der Waals surface area (Å²) >= 11 is 0. The van der Waals surface area contributed by atoms with Crippen LogP contribution in [0.3, 0.4) is 0 Å². The molecule has 0 bridgehead atoms. The van der Waals surface area contributed by atoms with E-state index in [4.69, 9.17) is 9.47 Å². The molecule has 94 valence electrons. The smallest absolute Gasteiger partial charge is 0.239 e. The molecule has 1 amide bonds. The molecule has 0 aromatic heterocycles. The van der Waals surface area contributed by atoms with Gasteiger partial charge in [-0.2, -0.15) is 0 Å². The topological polar surface area (TPSA) is 59.6 Å². The first-order valence-electron chi connectivity index (χ1n) is 5.78. The highest BCUT2D eigenvalue weighted by Gasteiger charge is 2.24. The Hall–Kier alpha value is -0.650. The zero-order valence-corrected chi connectivity index (χ0v) is 10.3. The van der Waals surface area contributed by atoms with Crippen molar-refractivity contribution >= 4 is 5.91 Å². The van der Waals surface area contributed by atoms with Crippen LogP contribution in [0, 0.1) is 0 Å². The highest BCUT2D eigenvalue weighted by Crippen LogP contribution is 2.07. The van der Waals surface area contributed by atoms with Gasteiger partial charge in [0.15, 0.2) is 0 Å². The first-order valence-corrected chi connectivity index (χ1v) is 5.78. The zero-order valence-electron chi connectivity index (χ0n) is 10.3. The van der Waals surface area contributed by atoms with Gasteiger partial charge < -0.3 is 20.1 Å². The van der Waals surface area contributed by atoms with Gasteiger partial charge in [-0.05, 0) is 20.8 Å². The van der Waals surface area contributed by atoms with Crippen molar-refractivity contribution in [2.45, 2.75) is 32.4 Å². The Labute approximate surface area is 96.9 Å². The Bertz CT molecular complexity index is 225. The Morgan fingerprint density at radius 3 is 2.94 bits per heavy atom. The third-order valence-electron chi connectivity index (χ3n) is 2.46. The highest BCUT2D eigenvalue weighted by atomic mass is 16.5. The van der Waals surface area contributed by atoms with E-state index in [0.717, 1.165) is 6.54 Å². The van der Waals surface area contributed by atoms with Gasteiger partial charge in [-0.25, -0.2) is 0 Å². The maximum Gasteiger partial charge on any atom is 0.239 e. The van der Waals surface area contributed by atoms with E-state index in [1.54, 1.807) is 0 Å². The van der Waals surface area contributed by atoms with Gasteiger partial charge in [0.25, 0.3) is 0 Å². The lowest BCUT2D eigenvalue weighted by Gasteiger charge is -2.27. The first-order chi connectivity index (χ1) is 7.55. The molecular weight excluding hydrogens is 208 g/mol. The number of carbonyl (C=O) groups excluding carboxylic acids is 1. The average Bonchev–Trinajstić information content (AvgIpc) is 2.27. The fourth-order valence-electron chi connectivity index (χ4n) is 1.60. The van der Waals surface area contributed by atoms with Gasteiger partial charge >= 0.3 is 0 Å². The van der Waals surface area contributed by atoms with Gasteiger partial charge in [0, 0.05) is 19.7 Å². The lowest BCUT2D eigenvalue weighted by atomic mass is 10.1. The van der Waals surface area contributed by atoms with Crippen LogP contribution in [0.15, 0.2) is 0 Å². The number of hydrogen-bond donors (Lipinski definition) is 2. The number of hydrogen-bond acceptors (Lipinski definition) is 4. The number of amides is 1. The molecule has 5 heteroatoms. The van der Waals surface area contributed by atoms with Crippen LogP contribution < -0.4 is 10.6 Å². The number of nitrogens with one attached hydrogen (secondary N) is 2. The molecule has 1 fully saturated rings. The number of ether oxygens (including phenoxy) is 2. The van der Waals surface area contributed by atoms with Crippen LogP contribution >= 0.6 is 0 Å². The van der Waals surface area contributed by atoms with Crippen molar-refractivity contribution in [2.24, 2.45) is 0 Å². The standard InChI is InChI=1S/C11H22N2O3/c1-4-16-11(2,3)8-13-10(14)9-7-15-6-5-12-9/h9,12H,4-8H2,1-3H3,(H,13,14). The number of rotatable bonds is 5. The molecule has 1 aliphatic heterocycles. The summed E-state index contributed by atoms with van der Waals surface area (Å²) < 4.78 is 10.7. The molecule has 1 rings (SSSR count). The summed E-state index contributed by atoms with van der Waals surface area (Å²) in [5.41, 5.74) is -0.320. The highest BCUT2D eigenvalue weighted by molar-refractivity contribution is 5.82. The van der Waals surface area contributed by atoms with Crippen LogP contribution in [0.5, 0.6) is 0 Å². The van der Waals surface area contributed by atoms with E-state index in [9.17, 15) is 4.79 Å². The van der Waals surface area contributed by atoms with Crippen molar-refractivity contribution in [3.8, 4) is 0 Å². The van der Waals surface area contributed by atoms with Gasteiger partial charge in [-0.15, -0.1) is 0 Å². The van der Waals surface area contributed by atoms with Gasteiger partial charge in [0.2, 0.25) is 5.91 Å². The van der Waals surface area contributed by atoms with Crippen molar-refractivity contribution in [3.05, 3.63) is 0 Å². The summed E-state index contributed by atoms with van der Waals surface area (Å²) in [6, 6.07) is -0.230. The molecule has 0 aliphatic carbocycles. The summed E-state index contributed by atoms with van der Waals surface area (Å²) in [5, 5.41) is 5.98. The van der Waals surface area contributed by atoms with E-state index in [1.807, 2.05) is 20.8 Å². The zero-order chi connectivity index (χ0) is 12.0. The second kappa shape index (κ2) is 6.18. The maximum atomic E-state index is 11.7. The predicted octanol–water partition coefficient (Wildman–Crippen LogP) is -0.0939. The quantitative estimate of drug-likeness (QED) is 0.693. The summed E-state index contributed by atoms with van der Waals surface area (Å²) in [6.45, 7) is 8.87. The van der Waals surface area contributed by atoms with E-state index >= 15 is 0 Å². The van der Waals surface area contributed by atoms with Crippen molar-refractivity contribution in [3.63, 3.8) is 0 Å². The monoisotopic (exact) mass is 230 g/mol. The molecule has 0 aromatic rings. The second-order valence-electron chi connectivity index (χ2n) is 4.49. The van der Waals surface area contributed by atoms with Crippen molar-refractivity contribution in [1.29, 1.82) is 0 Å². The molecule has 1 heterocycles. The van der Waals surface area contributed by atoms with E-state index in [-0.39, 0.29) is 17.6 Å². The minimum absolute atomic E-state index is 0.0209. The Kier molecular flexibility index (Phi) is 5.18. The fourth-order valence-corrected chi connectivity index (χ4v) is 1.60. The summed E-state index contributed by atoms with van der Waals surface area (Å²) in [4.78, 5) is 11.7. The molecule has 0 radical (unpaired) electrons. The first kappa shape index (κ1) is 13.4. The Morgan fingerprint density at radius 2 is 2.38 bits per heavy atom. The van der Waals surface area contributed by atoms with Crippen LogP contribution in [0.4, 0.5) is 0 Å². The number of morpholine rings is 1. The molecule has 1 unspecified atom stereocenters. The summed E-state index contributed by atoms with van der Waals surface area (Å²) in [5.74, 6) is -0.0209. The third-order valence-corrected chi connectivity index (χ3v) is 2.46. The SMILES string of the molecule is CCOC(C)(C)CNC(=O)C1COCCN1. The predicted molar refractivity (Wildman–Crippen MR) is 61.3 cm³/mol. The van der Waals surface area contributed by atoms with Crippen molar-refractivity contribution < 1.29 is 14.3 Å². The molecule has 1 atom stereocenters. The maximum absolute atomic E-state index is 11.7. The van der Waals surface area contributed by atoms with Gasteiger partial charge in [0.05, 0.1) is 18.8 Å². The van der Waals surface area contributed by atoms with Gasteiger partial charge in [0.1, 0.15) is 6.04 Å². The largest absolute Gasteiger partial charge is 0.378 e. The Morgan fingerprint density at radius 1 is 1.62 bits per heavy atom. The van der Waals surface area contributed by atoms with E-state index in [1.165, 1.54) is 0 Å². The lowest BCUT2D eigenvalue weighted by Crippen LogP contribution is -2.53. The molecule has 0 spiro atoms. The van der Waals surface area contributed by atoms with Crippen LogP contribution in [0.25, 0.3) is 0 Å². The second-order valence-corrected chi connectivity index (χ2v) is 4.49. The molecule has 2 N–H and O–H groups in total. The molecule has 1 saturated heterocycles. The minimum atomic E-state index is -0.320. The van der Waals surface area contributed by atoms with E-state index in [0.29, 0.717) is 26.4 Å². The molecule has 0 aromatic carbocycles. The van der Waals surface area contributed by atoms with Crippen LogP contribution in [0.1, 0.15) is 20.8 Å². The lowest BCUT2D eigenvalue weighted by molar-refractivity contribution is -0.127. The normalized spacial score (nSPS) is 21.8. The molecule has 5 nitrogen and oxygen atoms in total. The van der Waals surface area contributed by atoms with Crippen LogP contribution in [-0.2, 0) is 14.3 Å². The molecule has 16 heavy (non-hydrogen) atoms. The van der Waals surface area contributed by atoms with Crippen molar-refractivity contribution in [1.82, 2.24) is 10.6 Å². The van der Waals surface area contributed by atoms with E-state index < -0.39 is 0 Å². The van der Waals surface area contributed by atoms with Gasteiger partial charge in [-0.3, -0.25) is 4.79 Å². The van der Waals surface area contributed by atoms with Crippen LogP contribution in [0.2, 0.25) is 0 Å². The van der Waals surface area contributed by atoms with E-state index in [2.05, 4.69) is 10.6 Å². The molecule has 1 aliphatic rings. The third kappa shape index (κ3) is 4.47. The fraction of sp³-hybridized carbons (Fsp3) is 0.909. The minimum Gasteiger partial charge on any atom is -0.378 e. The average molecular weight is 230 g/mol. The Balaban J connectivity index is 2.28. The van der Waals surface area contributed by atoms with Crippen LogP contribution in [-0.4, -0.2) is 50.5 Å². The summed E-state index contributed by atoms with van der Waals surface area (Å²) in [6.07, 6.45) is 0.